The molecule has 0 aliphatic heterocycles. The summed E-state index contributed by atoms with van der Waals surface area (Å²) in [6, 6.07) is 5.56. The van der Waals surface area contributed by atoms with Crippen molar-refractivity contribution in [1.29, 1.82) is 0 Å². The van der Waals surface area contributed by atoms with Gasteiger partial charge in [-0.05, 0) is 12.1 Å². The monoisotopic (exact) mass is 281 g/mol. The number of rotatable bonds is 3. The van der Waals surface area contributed by atoms with Crippen LogP contribution in [0.3, 0.4) is 0 Å². The van der Waals surface area contributed by atoms with Gasteiger partial charge in [0.1, 0.15) is 17.3 Å². The van der Waals surface area contributed by atoms with Crippen LogP contribution < -0.4 is 10.6 Å². The van der Waals surface area contributed by atoms with Crippen molar-refractivity contribution < 1.29 is 18.0 Å². The van der Waals surface area contributed by atoms with Crippen LogP contribution in [0.15, 0.2) is 30.3 Å². The molecule has 0 aliphatic carbocycles. The summed E-state index contributed by atoms with van der Waals surface area (Å²) in [6.45, 7) is 0. The van der Waals surface area contributed by atoms with Gasteiger partial charge in [-0.15, -0.1) is 0 Å². The van der Waals surface area contributed by atoms with Crippen LogP contribution in [0.4, 0.5) is 24.7 Å². The second-order valence-corrected chi connectivity index (χ2v) is 3.86. The summed E-state index contributed by atoms with van der Waals surface area (Å²) in [5.74, 6) is -3.92. The molecule has 2 aromatic rings. The molecule has 2 N–H and O–H groups in total. The van der Waals surface area contributed by atoms with Crippen LogP contribution >= 0.6 is 0 Å². The zero-order valence-electron chi connectivity index (χ0n) is 10.4. The van der Waals surface area contributed by atoms with Crippen LogP contribution in [0.25, 0.3) is 0 Å². The Bertz CT molecular complexity index is 661. The number of hydrogen-bond donors (Lipinski definition) is 2. The lowest BCUT2D eigenvalue weighted by molar-refractivity contribution is 0.102. The van der Waals surface area contributed by atoms with Crippen molar-refractivity contribution in [2.24, 2.45) is 0 Å². The normalized spacial score (nSPS) is 10.2. The van der Waals surface area contributed by atoms with E-state index in [9.17, 15) is 18.0 Å². The SMILES string of the molecule is CNc1cccc(C(=O)Nc2cc(F)c(F)cc2F)n1. The molecule has 0 spiro atoms. The molecule has 0 bridgehead atoms. The van der Waals surface area contributed by atoms with Crippen LogP contribution in [0, 0.1) is 17.5 Å². The third kappa shape index (κ3) is 2.87. The maximum atomic E-state index is 13.4. The summed E-state index contributed by atoms with van der Waals surface area (Å²) in [5.41, 5.74) is -0.438. The number of amides is 1. The van der Waals surface area contributed by atoms with Crippen molar-refractivity contribution >= 4 is 17.4 Å². The average molecular weight is 281 g/mol. The van der Waals surface area contributed by atoms with Crippen molar-refractivity contribution in [3.8, 4) is 0 Å². The first-order valence-corrected chi connectivity index (χ1v) is 5.62. The van der Waals surface area contributed by atoms with Crippen LogP contribution in [-0.4, -0.2) is 17.9 Å². The number of aromatic nitrogens is 1. The molecule has 0 saturated heterocycles. The van der Waals surface area contributed by atoms with Gasteiger partial charge in [0, 0.05) is 19.2 Å². The van der Waals surface area contributed by atoms with Crippen LogP contribution in [0.2, 0.25) is 0 Å². The van der Waals surface area contributed by atoms with Gasteiger partial charge < -0.3 is 10.6 Å². The van der Waals surface area contributed by atoms with Gasteiger partial charge in [0.05, 0.1) is 5.69 Å². The molecule has 1 amide bonds. The molecule has 4 nitrogen and oxygen atoms in total. The lowest BCUT2D eigenvalue weighted by Gasteiger charge is -2.07. The maximum Gasteiger partial charge on any atom is 0.274 e. The molecule has 104 valence electrons. The van der Waals surface area contributed by atoms with E-state index in [1.165, 1.54) is 6.07 Å². The Kier molecular flexibility index (Phi) is 3.88. The number of carbonyl (C=O) groups is 1. The zero-order valence-corrected chi connectivity index (χ0v) is 10.4. The standard InChI is InChI=1S/C13H10F3N3O/c1-17-12-4-2-3-10(18-12)13(20)19-11-6-8(15)7(14)5-9(11)16/h2-6H,1H3,(H,17,18)(H,19,20). The first-order valence-electron chi connectivity index (χ1n) is 5.62. The highest BCUT2D eigenvalue weighted by atomic mass is 19.2. The van der Waals surface area contributed by atoms with E-state index in [0.717, 1.165) is 0 Å². The van der Waals surface area contributed by atoms with Crippen molar-refractivity contribution in [2.45, 2.75) is 0 Å². The number of anilines is 2. The minimum atomic E-state index is -1.32. The van der Waals surface area contributed by atoms with Gasteiger partial charge in [0.15, 0.2) is 11.6 Å². The number of hydrogen-bond acceptors (Lipinski definition) is 3. The van der Waals surface area contributed by atoms with Crippen LogP contribution in [0.5, 0.6) is 0 Å². The minimum absolute atomic E-state index is 0.0148. The minimum Gasteiger partial charge on any atom is -0.373 e. The summed E-state index contributed by atoms with van der Waals surface area (Å²) in [5, 5.41) is 4.87. The third-order valence-corrected chi connectivity index (χ3v) is 2.50. The van der Waals surface area contributed by atoms with E-state index in [1.807, 2.05) is 0 Å². The fraction of sp³-hybridized carbons (Fsp3) is 0.0769. The van der Waals surface area contributed by atoms with Gasteiger partial charge in [-0.3, -0.25) is 4.79 Å². The highest BCUT2D eigenvalue weighted by Gasteiger charge is 2.14. The summed E-state index contributed by atoms with van der Waals surface area (Å²) < 4.78 is 39.2. The molecule has 0 radical (unpaired) electrons. The topological polar surface area (TPSA) is 54.0 Å². The molecule has 1 aromatic carbocycles. The fourth-order valence-electron chi connectivity index (χ4n) is 1.51. The predicted octanol–water partition coefficient (Wildman–Crippen LogP) is 2.79. The first kappa shape index (κ1) is 13.9. The largest absolute Gasteiger partial charge is 0.373 e. The number of nitrogens with zero attached hydrogens (tertiary/aromatic N) is 1. The second kappa shape index (κ2) is 5.60. The van der Waals surface area contributed by atoms with E-state index in [4.69, 9.17) is 0 Å². The molecule has 20 heavy (non-hydrogen) atoms. The van der Waals surface area contributed by atoms with E-state index >= 15 is 0 Å². The van der Waals surface area contributed by atoms with Crippen LogP contribution in [-0.2, 0) is 0 Å². The number of pyridine rings is 1. The second-order valence-electron chi connectivity index (χ2n) is 3.86. The van der Waals surface area contributed by atoms with E-state index < -0.39 is 29.0 Å². The van der Waals surface area contributed by atoms with Crippen LogP contribution in [0.1, 0.15) is 10.5 Å². The predicted molar refractivity (Wildman–Crippen MR) is 68.1 cm³/mol. The molecule has 0 unspecified atom stereocenters. The Labute approximate surface area is 112 Å². The highest BCUT2D eigenvalue weighted by Crippen LogP contribution is 2.19. The molecular weight excluding hydrogens is 271 g/mol. The molecule has 0 saturated carbocycles. The van der Waals surface area contributed by atoms with Crippen molar-refractivity contribution in [1.82, 2.24) is 4.98 Å². The molecule has 0 fully saturated rings. The number of benzene rings is 1. The van der Waals surface area contributed by atoms with Crippen molar-refractivity contribution in [2.75, 3.05) is 17.7 Å². The zero-order chi connectivity index (χ0) is 14.7. The molecule has 2 rings (SSSR count). The molecular formula is C13H10F3N3O. The van der Waals surface area contributed by atoms with E-state index in [2.05, 4.69) is 15.6 Å². The highest BCUT2D eigenvalue weighted by molar-refractivity contribution is 6.03. The summed E-state index contributed by atoms with van der Waals surface area (Å²) in [7, 11) is 1.62. The molecule has 1 aromatic heterocycles. The maximum absolute atomic E-state index is 13.4. The van der Waals surface area contributed by atoms with Crippen molar-refractivity contribution in [3.63, 3.8) is 0 Å². The Morgan fingerprint density at radius 2 is 1.80 bits per heavy atom. The van der Waals surface area contributed by atoms with Gasteiger partial charge in [-0.1, -0.05) is 6.07 Å². The van der Waals surface area contributed by atoms with Gasteiger partial charge in [-0.25, -0.2) is 18.2 Å². The molecule has 0 atom stereocenters. The smallest absolute Gasteiger partial charge is 0.274 e. The number of carbonyl (C=O) groups excluding carboxylic acids is 1. The average Bonchev–Trinajstić information content (AvgIpc) is 2.44. The van der Waals surface area contributed by atoms with E-state index in [-0.39, 0.29) is 5.69 Å². The first-order chi connectivity index (χ1) is 9.51. The quantitative estimate of drug-likeness (QED) is 0.851. The third-order valence-electron chi connectivity index (χ3n) is 2.50. The lowest BCUT2D eigenvalue weighted by atomic mass is 10.2. The van der Waals surface area contributed by atoms with Gasteiger partial charge >= 0.3 is 0 Å². The lowest BCUT2D eigenvalue weighted by Crippen LogP contribution is -2.15. The van der Waals surface area contributed by atoms with Gasteiger partial charge in [0.25, 0.3) is 5.91 Å². The Balaban J connectivity index is 2.25. The molecule has 7 heteroatoms. The number of halogens is 3. The Morgan fingerprint density at radius 1 is 1.10 bits per heavy atom. The fourth-order valence-corrected chi connectivity index (χ4v) is 1.51. The van der Waals surface area contributed by atoms with E-state index in [1.54, 1.807) is 19.2 Å². The Hall–Kier alpha value is -2.57. The summed E-state index contributed by atoms with van der Waals surface area (Å²) in [4.78, 5) is 15.8. The molecule has 0 aliphatic rings. The van der Waals surface area contributed by atoms with Gasteiger partial charge in [-0.2, -0.15) is 0 Å². The number of nitrogens with one attached hydrogen (secondary N) is 2. The summed E-state index contributed by atoms with van der Waals surface area (Å²) >= 11 is 0. The van der Waals surface area contributed by atoms with E-state index in [0.29, 0.717) is 18.0 Å². The molecule has 1 heterocycles. The summed E-state index contributed by atoms with van der Waals surface area (Å²) in [6.07, 6.45) is 0. The van der Waals surface area contributed by atoms with Crippen molar-refractivity contribution in [3.05, 3.63) is 53.5 Å². The van der Waals surface area contributed by atoms with Gasteiger partial charge in [0.2, 0.25) is 0 Å². The Morgan fingerprint density at radius 3 is 2.50 bits per heavy atom.